The summed E-state index contributed by atoms with van der Waals surface area (Å²) < 4.78 is 17.9. The molecule has 13 atom stereocenters. The van der Waals surface area contributed by atoms with Crippen molar-refractivity contribution in [3.63, 3.8) is 0 Å². The van der Waals surface area contributed by atoms with Crippen LogP contribution in [0.15, 0.2) is 94.9 Å². The number of nitrogens with one attached hydrogen (secondary N) is 9. The molecule has 2 saturated heterocycles. The molecule has 43 nitrogen and oxygen atoms in total. The summed E-state index contributed by atoms with van der Waals surface area (Å²) in [6.45, 7) is 13.6. The third-order valence-corrected chi connectivity index (χ3v) is 26.2. The van der Waals surface area contributed by atoms with Crippen molar-refractivity contribution >= 4 is 151 Å². The monoisotopic (exact) mass is 1890 g/mol. The molecule has 1 aliphatic carbocycles. The van der Waals surface area contributed by atoms with E-state index in [-0.39, 0.29) is 136 Å². The molecular formula is C88H111N17O26S2. The zero-order valence-corrected chi connectivity index (χ0v) is 76.2. The largest absolute Gasteiger partial charge is 0.496 e. The van der Waals surface area contributed by atoms with E-state index in [1.54, 1.807) is 45.3 Å². The number of rotatable bonds is 40. The van der Waals surface area contributed by atoms with E-state index in [1.165, 1.54) is 26.1 Å². The van der Waals surface area contributed by atoms with Gasteiger partial charge in [-0.1, -0.05) is 75.8 Å². The highest BCUT2D eigenvalue weighted by Crippen LogP contribution is 2.68. The first kappa shape index (κ1) is 108. The number of carbonyl (C=O) groups excluding carboxylic acids is 19. The van der Waals surface area contributed by atoms with Crippen LogP contribution < -0.4 is 69.8 Å². The average Bonchev–Trinajstić information content (AvgIpc) is 1.51. The molecule has 133 heavy (non-hydrogen) atoms. The topological polar surface area (TPSA) is 668 Å². The minimum absolute atomic E-state index is 0.0155. The molecule has 18 N–H and O–H groups in total. The van der Waals surface area contributed by atoms with E-state index < -0.39 is 105 Å². The quantitative estimate of drug-likeness (QED) is 0.00383. The fourth-order valence-electron chi connectivity index (χ4n) is 18.6. The van der Waals surface area contributed by atoms with Gasteiger partial charge in [0.05, 0.1) is 60.2 Å². The molecule has 45 heteroatoms. The second-order valence-electron chi connectivity index (χ2n) is 32.4. The maximum Gasteiger partial charge on any atom is 0.439 e. The number of guanidine groups is 1. The Balaban J connectivity index is 0.00000170. The predicted molar refractivity (Wildman–Crippen MR) is 475 cm³/mol. The summed E-state index contributed by atoms with van der Waals surface area (Å²) in [6, 6.07) is 16.6. The number of ketones is 3. The molecule has 5 aliphatic rings. The molecule has 7 heterocycles. The molecule has 3 fully saturated rings. The summed E-state index contributed by atoms with van der Waals surface area (Å²) in [6.07, 6.45) is 7.22. The van der Waals surface area contributed by atoms with E-state index in [0.29, 0.717) is 140 Å². The van der Waals surface area contributed by atoms with Crippen LogP contribution in [0.5, 0.6) is 5.75 Å². The molecule has 3 aromatic carbocycles. The van der Waals surface area contributed by atoms with Gasteiger partial charge in [0, 0.05) is 145 Å². The number of anilines is 3. The maximum atomic E-state index is 15.3. The standard InChI is InChI=1S/C83H111N17O16S2.5CO2/c1-9-55-56-19-12-13-20-59(56)94-68(55)81(45-115-46-101,40-50-39-79(112,10-2)44-87-41-50)58-36-57-62(38-65(58)114-8)99(7)74-82(57)28-32-100-31-17-27-80(11-3,73(82)100)75(109)83(74,113)76(110)97-98-78(111)116-118-117-33-16-22-63(103)49(6)92-69(105)48(5)35-64(104)60(21-15-30-89-77(85)86)95-70(106)47(4)34-54(102)18-14-29-88-71(107)51-23-25-52(26-24-51)90-42-53-43-91-61-37-66(84)96-72(108)67(61)93-53;5*2-1-3/h12-13,17,19-20,23-27,36-38,43,46-50,60,73-75,87,90,94,109,112-113H,9-11,14-16,18,21-22,28-35,39-42,44-45H2,1-8H3,(H,88,107)(H,92,105)(H,95,106)(H,97,110)(H,98,111)(H3,84,96,108)(H4,85,86,89);;;;;/t47-,48-,49+,50-,60+,73+,74-,75-,79?,80-,81+,82-,83-;;;;;/m1...../s1. The van der Waals surface area contributed by atoms with Crippen LogP contribution in [0.2, 0.25) is 0 Å². The van der Waals surface area contributed by atoms with Crippen molar-refractivity contribution in [1.29, 1.82) is 0 Å². The van der Waals surface area contributed by atoms with Crippen LogP contribution in [0.25, 0.3) is 21.9 Å². The van der Waals surface area contributed by atoms with Gasteiger partial charge in [-0.3, -0.25) is 63.5 Å². The molecule has 3 aromatic heterocycles. The average molecular weight is 1890 g/mol. The molecule has 1 spiro atoms. The number of aliphatic imine (C=N–C) groups is 1. The normalized spacial score (nSPS) is 20.9. The van der Waals surface area contributed by atoms with Crippen LogP contribution in [0.3, 0.4) is 0 Å². The van der Waals surface area contributed by atoms with E-state index in [2.05, 4.69) is 86.3 Å². The molecular weight excluding hydrogens is 1780 g/mol. The Kier molecular flexibility index (Phi) is 42.0. The first-order chi connectivity index (χ1) is 63.5. The number of hydrogen-bond donors (Lipinski definition) is 15. The van der Waals surface area contributed by atoms with E-state index in [9.17, 15) is 58.5 Å². The number of carbonyl (C=O) groups is 9. The zero-order chi connectivity index (χ0) is 98.6. The first-order valence-electron chi connectivity index (χ1n) is 42.4. The molecule has 716 valence electrons. The number of aromatic nitrogens is 4. The van der Waals surface area contributed by atoms with E-state index in [1.807, 2.05) is 55.2 Å². The number of aromatic amines is 2. The number of aliphatic hydroxyl groups excluding tert-OH is 1. The van der Waals surface area contributed by atoms with Crippen LogP contribution in [0.4, 0.5) is 22.0 Å². The number of para-hydroxylation sites is 1. The van der Waals surface area contributed by atoms with Gasteiger partial charge in [-0.25, -0.2) is 15.2 Å². The Labute approximate surface area is 770 Å². The van der Waals surface area contributed by atoms with Crippen molar-refractivity contribution in [1.82, 2.24) is 57.0 Å². The number of aliphatic hydroxyl groups is 3. The molecule has 4 aliphatic heterocycles. The highest BCUT2D eigenvalue weighted by Gasteiger charge is 2.79. The lowest BCUT2D eigenvalue weighted by atomic mass is 9.47. The number of Topliss-reactive ketones (excluding diaryl/α,β-unsaturated/α-hetero) is 3. The number of nitrogen functional groups attached to an aromatic ring is 1. The summed E-state index contributed by atoms with van der Waals surface area (Å²) in [5, 5.41) is 54.5. The number of piperidine rings is 1. The Morgan fingerprint density at radius 1 is 0.820 bits per heavy atom. The number of pyridine rings is 1. The minimum Gasteiger partial charge on any atom is -0.496 e. The second kappa shape index (κ2) is 51.5. The maximum absolute atomic E-state index is 15.3. The number of β-amino-alcohol motifs (C(OH)–C–C–N with tert-alkyl or cyclic N) is 1. The Hall–Kier alpha value is -13.3. The van der Waals surface area contributed by atoms with Gasteiger partial charge in [0.15, 0.2) is 28.6 Å². The van der Waals surface area contributed by atoms with Gasteiger partial charge < -0.3 is 87.6 Å². The van der Waals surface area contributed by atoms with Gasteiger partial charge >= 0.3 is 36.9 Å². The summed E-state index contributed by atoms with van der Waals surface area (Å²) in [4.78, 5) is 238. The highest BCUT2D eigenvalue weighted by atomic mass is 33.1. The predicted octanol–water partition coefficient (Wildman–Crippen LogP) is 2.30. The van der Waals surface area contributed by atoms with Crippen LogP contribution in [0, 0.1) is 23.2 Å². The number of nitrogens with two attached hydrogens (primary N) is 3. The van der Waals surface area contributed by atoms with Crippen molar-refractivity contribution in [2.75, 3.05) is 81.7 Å². The Bertz CT molecular complexity index is 5320. The van der Waals surface area contributed by atoms with Gasteiger partial charge in [0.1, 0.15) is 41.1 Å². The molecule has 5 amide bonds. The van der Waals surface area contributed by atoms with Crippen molar-refractivity contribution in [2.24, 2.45) is 39.6 Å². The molecule has 6 aromatic rings. The summed E-state index contributed by atoms with van der Waals surface area (Å²) in [5.74, 6) is -4.74. The van der Waals surface area contributed by atoms with Gasteiger partial charge in [-0.2, -0.15) is 47.9 Å². The number of nitrogens with zero attached hydrogens (tertiary/aromatic N) is 5. The number of likely N-dealkylation sites (N-methyl/N-ethyl adjacent to an activating group) is 1. The second-order valence-corrected chi connectivity index (χ2v) is 34.5. The highest BCUT2D eigenvalue weighted by molar-refractivity contribution is 8.75. The minimum atomic E-state index is -2.62. The smallest absolute Gasteiger partial charge is 0.439 e. The number of fused-ring (bicyclic) bond motifs is 3. The number of hydrazine groups is 1. The van der Waals surface area contributed by atoms with Crippen LogP contribution in [-0.4, -0.2) is 238 Å². The van der Waals surface area contributed by atoms with Crippen molar-refractivity contribution < 1.29 is 120 Å². The van der Waals surface area contributed by atoms with Crippen LogP contribution >= 0.6 is 21.9 Å². The third kappa shape index (κ3) is 26.6. The van der Waals surface area contributed by atoms with Crippen LogP contribution in [-0.2, 0) is 114 Å². The van der Waals surface area contributed by atoms with Gasteiger partial charge in [0.25, 0.3) is 23.8 Å². The van der Waals surface area contributed by atoms with E-state index >= 15 is 4.79 Å². The number of methoxy groups -OCH3 is 1. The van der Waals surface area contributed by atoms with Gasteiger partial charge in [-0.15, -0.1) is 0 Å². The van der Waals surface area contributed by atoms with Gasteiger partial charge in [-0.05, 0) is 138 Å². The van der Waals surface area contributed by atoms with Gasteiger partial charge in [0.2, 0.25) is 11.8 Å². The number of amides is 5. The first-order valence-corrected chi connectivity index (χ1v) is 44.7. The van der Waals surface area contributed by atoms with Crippen LogP contribution in [0.1, 0.15) is 163 Å². The van der Waals surface area contributed by atoms with E-state index in [4.69, 9.17) is 78.8 Å². The molecule has 0 radical (unpaired) electrons. The summed E-state index contributed by atoms with van der Waals surface area (Å²) in [5.41, 5.74) is 20.9. The lowest BCUT2D eigenvalue weighted by molar-refractivity contribution is -0.204. The fourth-order valence-corrected chi connectivity index (χ4v) is 20.0. The number of H-pyrrole nitrogens is 2. The Morgan fingerprint density at radius 2 is 1.49 bits per heavy atom. The zero-order valence-electron chi connectivity index (χ0n) is 74.6. The Morgan fingerprint density at radius 3 is 2.14 bits per heavy atom. The lowest BCUT2D eigenvalue weighted by Crippen LogP contribution is -2.82. The molecule has 0 bridgehead atoms. The number of ether oxygens (including phenoxy) is 2. The number of hydrogen-bond acceptors (Lipinski definition) is 36. The van der Waals surface area contributed by atoms with Crippen molar-refractivity contribution in [3.05, 3.63) is 129 Å². The lowest BCUT2D eigenvalue weighted by Gasteiger charge is -2.63. The van der Waals surface area contributed by atoms with Crippen molar-refractivity contribution in [2.45, 2.75) is 190 Å². The molecule has 1 saturated carbocycles. The fraction of sp³-hybridized carbons (Fsp3) is 0.500. The number of aryl methyl sites for hydroxylation is 1. The van der Waals surface area contributed by atoms with E-state index in [0.717, 1.165) is 38.5 Å². The SMILES string of the molecule is CCc1c([C@](COC=O)(C[C@@H]2CNCC(O)(CC)C2)c2cc3c(cc2OC)N(C)[C@H]2[C@](O)(C(=O)NNC(=O)OSSCCCC(=O)[C@H](C)NC(=O)[C@H](C)CC(=O)[C@H](CCCN=C(N)N)NC(=O)[C@H](C)CC(=O)CCCNC(=O)c4ccc(NCc5cnc6cc(N)[nH]c(=O)c6n5)cc4)[C@H](O)[C@]4(CC)C=CCN5CC[C@]32[C@@H]54)[nH]c2ccccc12.O=C=O.O=C=O.O=C=O.O=C=O.O=C=O. The third-order valence-electron chi connectivity index (χ3n) is 24.4. The molecule has 1 unspecified atom stereocenters. The summed E-state index contributed by atoms with van der Waals surface area (Å²) >= 11 is 0.676. The molecule has 11 rings (SSSR count). The number of benzene rings is 3. The van der Waals surface area contributed by atoms with Crippen molar-refractivity contribution in [3.8, 4) is 5.75 Å². The summed E-state index contributed by atoms with van der Waals surface area (Å²) in [7, 11) is 4.45.